The number of rotatable bonds is 4. The molecule has 3 heterocycles. The average Bonchev–Trinajstić information content (AvgIpc) is 3.20. The Morgan fingerprint density at radius 3 is 2.50 bits per heavy atom. The number of ether oxygens (including phenoxy) is 1. The van der Waals surface area contributed by atoms with Gasteiger partial charge in [0.15, 0.2) is 0 Å². The second-order valence-corrected chi connectivity index (χ2v) is 10.6. The number of hydrogen-bond donors (Lipinski definition) is 1. The number of aromatic hydroxyl groups is 1. The van der Waals surface area contributed by atoms with E-state index < -0.39 is 0 Å². The second kappa shape index (κ2) is 8.59. The Hall–Kier alpha value is -4.38. The van der Waals surface area contributed by atoms with Crippen molar-refractivity contribution in [2.75, 3.05) is 0 Å². The van der Waals surface area contributed by atoms with Crippen LogP contribution in [-0.2, 0) is 0 Å². The molecule has 0 bridgehead atoms. The third kappa shape index (κ3) is 3.53. The summed E-state index contributed by atoms with van der Waals surface area (Å²) in [6.45, 7) is 6.04. The van der Waals surface area contributed by atoms with Gasteiger partial charge < -0.3 is 9.84 Å². The van der Waals surface area contributed by atoms with Crippen molar-refractivity contribution in [2.45, 2.75) is 46.0 Å². The standard InChI is InChI=1S/C33H29N3O2/c1-19-6-4-9-27-31(19)26-13-11-24(38-30-16-21(3)25-12-10-20(2)33(37)32(25)35-30)18-28(26)36(27)29-17-23(14-15-34-29)22-7-5-8-22/h4,6,9-18,22,37H,5,7-8H2,1-3H3. The van der Waals surface area contributed by atoms with Crippen LogP contribution in [0.4, 0.5) is 0 Å². The van der Waals surface area contributed by atoms with Gasteiger partial charge in [0.05, 0.1) is 11.0 Å². The van der Waals surface area contributed by atoms with Gasteiger partial charge in [-0.2, -0.15) is 0 Å². The van der Waals surface area contributed by atoms with Gasteiger partial charge in [-0.1, -0.05) is 30.7 Å². The maximum atomic E-state index is 10.6. The van der Waals surface area contributed by atoms with Gasteiger partial charge in [0, 0.05) is 34.5 Å². The Kier molecular flexibility index (Phi) is 5.15. The maximum Gasteiger partial charge on any atom is 0.220 e. The van der Waals surface area contributed by atoms with Gasteiger partial charge >= 0.3 is 0 Å². The molecular weight excluding hydrogens is 470 g/mol. The number of phenols is 1. The van der Waals surface area contributed by atoms with E-state index in [-0.39, 0.29) is 5.75 Å². The minimum atomic E-state index is 0.194. The Morgan fingerprint density at radius 1 is 0.842 bits per heavy atom. The van der Waals surface area contributed by atoms with Crippen LogP contribution < -0.4 is 4.74 Å². The van der Waals surface area contributed by atoms with Gasteiger partial charge in [0.25, 0.3) is 0 Å². The molecule has 0 amide bonds. The average molecular weight is 500 g/mol. The summed E-state index contributed by atoms with van der Waals surface area (Å²) < 4.78 is 8.57. The largest absolute Gasteiger partial charge is 0.505 e. The number of benzene rings is 3. The molecule has 6 aromatic rings. The van der Waals surface area contributed by atoms with Crippen molar-refractivity contribution in [2.24, 2.45) is 0 Å². The summed E-state index contributed by atoms with van der Waals surface area (Å²) in [6.07, 6.45) is 5.74. The Bertz CT molecular complexity index is 1880. The van der Waals surface area contributed by atoms with E-state index in [1.165, 1.54) is 35.8 Å². The molecule has 3 aromatic carbocycles. The van der Waals surface area contributed by atoms with Crippen molar-refractivity contribution >= 4 is 32.7 Å². The SMILES string of the molecule is Cc1ccc2c(C)cc(Oc3ccc4c5c(C)cccc5n(-c5cc(C6CCC6)ccn5)c4c3)nc2c1O. The van der Waals surface area contributed by atoms with Crippen LogP contribution in [-0.4, -0.2) is 19.6 Å². The Labute approximate surface area is 221 Å². The Morgan fingerprint density at radius 2 is 1.68 bits per heavy atom. The molecule has 0 radical (unpaired) electrons. The summed E-state index contributed by atoms with van der Waals surface area (Å²) in [4.78, 5) is 9.48. The topological polar surface area (TPSA) is 60.2 Å². The highest BCUT2D eigenvalue weighted by atomic mass is 16.5. The molecule has 1 aliphatic rings. The Balaban J connectivity index is 1.39. The van der Waals surface area contributed by atoms with Crippen LogP contribution in [0.25, 0.3) is 38.5 Å². The van der Waals surface area contributed by atoms with Crippen molar-refractivity contribution in [3.05, 3.63) is 95.2 Å². The van der Waals surface area contributed by atoms with Gasteiger partial charge in [0.1, 0.15) is 22.8 Å². The third-order valence-corrected chi connectivity index (χ3v) is 8.11. The summed E-state index contributed by atoms with van der Waals surface area (Å²) in [6, 6.07) is 22.9. The zero-order chi connectivity index (χ0) is 26.0. The molecule has 38 heavy (non-hydrogen) atoms. The molecule has 5 nitrogen and oxygen atoms in total. The lowest BCUT2D eigenvalue weighted by atomic mass is 9.80. The molecule has 0 atom stereocenters. The molecule has 0 aliphatic heterocycles. The first-order valence-electron chi connectivity index (χ1n) is 13.3. The zero-order valence-corrected chi connectivity index (χ0v) is 21.8. The number of pyridine rings is 2. The predicted octanol–water partition coefficient (Wildman–Crippen LogP) is 8.42. The van der Waals surface area contributed by atoms with Gasteiger partial charge in [-0.15, -0.1) is 0 Å². The molecule has 7 rings (SSSR count). The zero-order valence-electron chi connectivity index (χ0n) is 21.8. The number of aryl methyl sites for hydroxylation is 3. The fourth-order valence-electron chi connectivity index (χ4n) is 5.78. The summed E-state index contributed by atoms with van der Waals surface area (Å²) >= 11 is 0. The van der Waals surface area contributed by atoms with E-state index in [0.717, 1.165) is 38.8 Å². The van der Waals surface area contributed by atoms with E-state index >= 15 is 0 Å². The molecule has 0 spiro atoms. The third-order valence-electron chi connectivity index (χ3n) is 8.11. The maximum absolute atomic E-state index is 10.6. The van der Waals surface area contributed by atoms with Crippen LogP contribution in [0.5, 0.6) is 17.4 Å². The van der Waals surface area contributed by atoms with Crippen LogP contribution in [0, 0.1) is 20.8 Å². The highest BCUT2D eigenvalue weighted by Crippen LogP contribution is 2.40. The van der Waals surface area contributed by atoms with Gasteiger partial charge in [-0.05, 0) is 92.1 Å². The monoisotopic (exact) mass is 499 g/mol. The van der Waals surface area contributed by atoms with Crippen LogP contribution in [0.1, 0.15) is 47.4 Å². The number of nitrogens with zero attached hydrogens (tertiary/aromatic N) is 3. The van der Waals surface area contributed by atoms with Gasteiger partial charge in [-0.25, -0.2) is 9.97 Å². The fourth-order valence-corrected chi connectivity index (χ4v) is 5.78. The first-order valence-corrected chi connectivity index (χ1v) is 13.3. The van der Waals surface area contributed by atoms with E-state index in [1.807, 2.05) is 44.3 Å². The van der Waals surface area contributed by atoms with E-state index in [2.05, 4.69) is 58.9 Å². The number of fused-ring (bicyclic) bond motifs is 4. The summed E-state index contributed by atoms with van der Waals surface area (Å²) in [5.74, 6) is 2.90. The normalized spacial score (nSPS) is 13.9. The first-order chi connectivity index (χ1) is 18.5. The van der Waals surface area contributed by atoms with Gasteiger partial charge in [-0.3, -0.25) is 4.57 Å². The second-order valence-electron chi connectivity index (χ2n) is 10.6. The molecular formula is C33H29N3O2. The molecule has 1 aliphatic carbocycles. The van der Waals surface area contributed by atoms with Crippen LogP contribution in [0.2, 0.25) is 0 Å². The minimum absolute atomic E-state index is 0.194. The van der Waals surface area contributed by atoms with E-state index in [4.69, 9.17) is 9.72 Å². The summed E-state index contributed by atoms with van der Waals surface area (Å²) in [7, 11) is 0. The van der Waals surface area contributed by atoms with E-state index in [0.29, 0.717) is 23.1 Å². The number of phenolic OH excluding ortho intramolecular Hbond substituents is 1. The van der Waals surface area contributed by atoms with Crippen molar-refractivity contribution in [3.8, 4) is 23.2 Å². The van der Waals surface area contributed by atoms with Gasteiger partial charge in [0.2, 0.25) is 5.88 Å². The van der Waals surface area contributed by atoms with Crippen molar-refractivity contribution in [3.63, 3.8) is 0 Å². The molecule has 0 saturated heterocycles. The first kappa shape index (κ1) is 22.8. The lowest BCUT2D eigenvalue weighted by Gasteiger charge is -2.26. The van der Waals surface area contributed by atoms with Crippen molar-refractivity contribution in [1.29, 1.82) is 0 Å². The van der Waals surface area contributed by atoms with Crippen molar-refractivity contribution < 1.29 is 9.84 Å². The quantitative estimate of drug-likeness (QED) is 0.264. The van der Waals surface area contributed by atoms with E-state index in [1.54, 1.807) is 0 Å². The summed E-state index contributed by atoms with van der Waals surface area (Å²) in [5.41, 5.74) is 7.12. The van der Waals surface area contributed by atoms with Crippen LogP contribution >= 0.6 is 0 Å². The highest BCUT2D eigenvalue weighted by molar-refractivity contribution is 6.11. The van der Waals surface area contributed by atoms with Crippen LogP contribution in [0.3, 0.4) is 0 Å². The molecule has 0 unspecified atom stereocenters. The molecule has 188 valence electrons. The smallest absolute Gasteiger partial charge is 0.220 e. The molecule has 1 N–H and O–H groups in total. The number of aromatic nitrogens is 3. The number of hydrogen-bond acceptors (Lipinski definition) is 4. The molecule has 5 heteroatoms. The molecule has 1 fully saturated rings. The molecule has 3 aromatic heterocycles. The van der Waals surface area contributed by atoms with Crippen LogP contribution in [0.15, 0.2) is 72.9 Å². The minimum Gasteiger partial charge on any atom is -0.505 e. The van der Waals surface area contributed by atoms with Crippen molar-refractivity contribution in [1.82, 2.24) is 14.5 Å². The fraction of sp³-hybridized carbons (Fsp3) is 0.212. The lowest BCUT2D eigenvalue weighted by molar-refractivity contribution is 0.419. The molecule has 1 saturated carbocycles. The highest BCUT2D eigenvalue weighted by Gasteiger charge is 2.21. The summed E-state index contributed by atoms with van der Waals surface area (Å²) in [5, 5.41) is 13.9. The van der Waals surface area contributed by atoms with E-state index in [9.17, 15) is 5.11 Å². The predicted molar refractivity (Wildman–Crippen MR) is 153 cm³/mol. The lowest BCUT2D eigenvalue weighted by Crippen LogP contribution is -2.09.